The van der Waals surface area contributed by atoms with Gasteiger partial charge in [0.05, 0.1) is 24.1 Å². The largest absolute Gasteiger partial charge is 0.465 e. The Morgan fingerprint density at radius 3 is 2.79 bits per heavy atom. The normalized spacial score (nSPS) is 24.0. The number of para-hydroxylation sites is 1. The molecule has 4 heteroatoms. The molecule has 28 heavy (non-hydrogen) atoms. The van der Waals surface area contributed by atoms with Crippen LogP contribution >= 0.6 is 0 Å². The number of carbonyl (C=O) groups is 1. The number of fused-ring (bicyclic) bond motifs is 5. The van der Waals surface area contributed by atoms with Crippen LogP contribution < -0.4 is 10.6 Å². The van der Waals surface area contributed by atoms with E-state index < -0.39 is 0 Å². The third kappa shape index (κ3) is 1.73. The van der Waals surface area contributed by atoms with Crippen LogP contribution in [-0.4, -0.2) is 19.6 Å². The van der Waals surface area contributed by atoms with E-state index in [1.54, 1.807) is 0 Å². The molecule has 1 fully saturated rings. The summed E-state index contributed by atoms with van der Waals surface area (Å²) < 4.78 is 5.24. The maximum absolute atomic E-state index is 13.0. The number of anilines is 1. The Kier molecular flexibility index (Phi) is 3.03. The number of benzene rings is 3. The quantitative estimate of drug-likeness (QED) is 0.634. The summed E-state index contributed by atoms with van der Waals surface area (Å²) in [7, 11) is 1.46. The molecule has 138 valence electrons. The van der Waals surface area contributed by atoms with E-state index in [0.29, 0.717) is 5.57 Å². The van der Waals surface area contributed by atoms with Gasteiger partial charge in [-0.25, -0.2) is 4.79 Å². The van der Waals surface area contributed by atoms with Crippen LogP contribution in [-0.2, 0) is 14.9 Å². The van der Waals surface area contributed by atoms with Crippen molar-refractivity contribution in [2.75, 3.05) is 19.0 Å². The number of hydrogen-bond donors (Lipinski definition) is 2. The summed E-state index contributed by atoms with van der Waals surface area (Å²) in [4.78, 5) is 13.0. The Morgan fingerprint density at radius 1 is 1.07 bits per heavy atom. The van der Waals surface area contributed by atoms with Gasteiger partial charge in [-0.15, -0.1) is 0 Å². The first-order chi connectivity index (χ1) is 13.8. The van der Waals surface area contributed by atoms with Crippen molar-refractivity contribution in [2.24, 2.45) is 0 Å². The molecule has 6 rings (SSSR count). The molecule has 2 N–H and O–H groups in total. The molecular weight excluding hydrogens is 348 g/mol. The Balaban J connectivity index is 1.78. The monoisotopic (exact) mass is 368 g/mol. The molecule has 0 radical (unpaired) electrons. The van der Waals surface area contributed by atoms with E-state index in [4.69, 9.17) is 4.74 Å². The number of esters is 1. The highest BCUT2D eigenvalue weighted by molar-refractivity contribution is 6.20. The fourth-order valence-corrected chi connectivity index (χ4v) is 5.56. The average Bonchev–Trinajstić information content (AvgIpc) is 3.32. The van der Waals surface area contributed by atoms with Gasteiger partial charge in [-0.2, -0.15) is 0 Å². The van der Waals surface area contributed by atoms with E-state index in [9.17, 15) is 4.79 Å². The zero-order valence-corrected chi connectivity index (χ0v) is 15.6. The van der Waals surface area contributed by atoms with Crippen LogP contribution in [0, 0.1) is 0 Å². The Bertz CT molecular complexity index is 1200. The molecule has 3 aromatic rings. The lowest BCUT2D eigenvalue weighted by molar-refractivity contribution is -0.133. The number of carbonyl (C=O) groups excluding carboxylic acids is 1. The van der Waals surface area contributed by atoms with E-state index >= 15 is 0 Å². The van der Waals surface area contributed by atoms with Crippen LogP contribution in [0.15, 0.2) is 66.4 Å². The van der Waals surface area contributed by atoms with Gasteiger partial charge < -0.3 is 15.4 Å². The van der Waals surface area contributed by atoms with E-state index in [2.05, 4.69) is 71.3 Å². The molecule has 3 aromatic carbocycles. The summed E-state index contributed by atoms with van der Waals surface area (Å²) in [6.45, 7) is 0.842. The van der Waals surface area contributed by atoms with E-state index in [1.807, 2.05) is 0 Å². The van der Waals surface area contributed by atoms with Gasteiger partial charge in [0.1, 0.15) is 0 Å². The van der Waals surface area contributed by atoms with Crippen molar-refractivity contribution in [3.63, 3.8) is 0 Å². The van der Waals surface area contributed by atoms with E-state index in [-0.39, 0.29) is 17.4 Å². The molecule has 0 unspecified atom stereocenters. The van der Waals surface area contributed by atoms with Gasteiger partial charge in [-0.1, -0.05) is 54.6 Å². The van der Waals surface area contributed by atoms with Crippen molar-refractivity contribution in [2.45, 2.75) is 17.9 Å². The molecule has 2 aliphatic heterocycles. The third-order valence-corrected chi connectivity index (χ3v) is 6.64. The molecule has 2 heterocycles. The molecule has 4 nitrogen and oxygen atoms in total. The lowest BCUT2D eigenvalue weighted by Crippen LogP contribution is -2.38. The molecule has 0 bridgehead atoms. The smallest absolute Gasteiger partial charge is 0.340 e. The average molecular weight is 368 g/mol. The van der Waals surface area contributed by atoms with Gasteiger partial charge in [0.25, 0.3) is 0 Å². The number of nitrogens with one attached hydrogen (secondary N) is 2. The molecule has 1 spiro atoms. The van der Waals surface area contributed by atoms with Crippen LogP contribution in [0.2, 0.25) is 0 Å². The lowest BCUT2D eigenvalue weighted by atomic mass is 9.64. The predicted molar refractivity (Wildman–Crippen MR) is 110 cm³/mol. The van der Waals surface area contributed by atoms with Gasteiger partial charge >= 0.3 is 5.97 Å². The Morgan fingerprint density at radius 2 is 1.89 bits per heavy atom. The van der Waals surface area contributed by atoms with Crippen molar-refractivity contribution in [3.8, 4) is 0 Å². The molecule has 0 amide bonds. The fraction of sp³-hybridized carbons (Fsp3) is 0.208. The Labute approximate surface area is 163 Å². The van der Waals surface area contributed by atoms with Crippen LogP contribution in [0.25, 0.3) is 16.3 Å². The van der Waals surface area contributed by atoms with Gasteiger partial charge in [-0.05, 0) is 39.9 Å². The van der Waals surface area contributed by atoms with E-state index in [1.165, 1.54) is 29.0 Å². The van der Waals surface area contributed by atoms with Gasteiger partial charge in [0.2, 0.25) is 0 Å². The van der Waals surface area contributed by atoms with E-state index in [0.717, 1.165) is 29.9 Å². The number of methoxy groups -OCH3 is 1. The first-order valence-electron chi connectivity index (χ1n) is 9.71. The molecule has 2 atom stereocenters. The van der Waals surface area contributed by atoms with Crippen molar-refractivity contribution in [1.29, 1.82) is 0 Å². The maximum Gasteiger partial charge on any atom is 0.340 e. The highest BCUT2D eigenvalue weighted by atomic mass is 16.5. The highest BCUT2D eigenvalue weighted by Gasteiger charge is 2.57. The topological polar surface area (TPSA) is 50.4 Å². The second kappa shape index (κ2) is 5.38. The first kappa shape index (κ1) is 15.8. The summed E-state index contributed by atoms with van der Waals surface area (Å²) in [5.74, 6) is -0.275. The summed E-state index contributed by atoms with van der Waals surface area (Å²) in [6, 6.07) is 21.2. The minimum absolute atomic E-state index is 0.0874. The van der Waals surface area contributed by atoms with Crippen LogP contribution in [0.1, 0.15) is 29.2 Å². The summed E-state index contributed by atoms with van der Waals surface area (Å²) >= 11 is 0. The second-order valence-corrected chi connectivity index (χ2v) is 7.76. The summed E-state index contributed by atoms with van der Waals surface area (Å²) in [5, 5.41) is 9.73. The van der Waals surface area contributed by atoms with Crippen molar-refractivity contribution >= 4 is 28.0 Å². The summed E-state index contributed by atoms with van der Waals surface area (Å²) in [5.41, 5.74) is 5.99. The zero-order valence-electron chi connectivity index (χ0n) is 15.6. The van der Waals surface area contributed by atoms with Crippen LogP contribution in [0.4, 0.5) is 5.69 Å². The molecule has 3 aliphatic rings. The molecule has 0 saturated carbocycles. The lowest BCUT2D eigenvalue weighted by Gasteiger charge is -2.39. The highest BCUT2D eigenvalue weighted by Crippen LogP contribution is 2.61. The minimum atomic E-state index is -0.275. The SMILES string of the molecule is COC(=O)C1=C2NCC[C@@]23c2ccccc2N[C@H]3c2c1ccc1ccccc21. The van der Waals surface area contributed by atoms with Crippen LogP contribution in [0.5, 0.6) is 0 Å². The maximum atomic E-state index is 13.0. The fourth-order valence-electron chi connectivity index (χ4n) is 5.56. The second-order valence-electron chi connectivity index (χ2n) is 7.76. The van der Waals surface area contributed by atoms with Gasteiger partial charge in [0.15, 0.2) is 0 Å². The third-order valence-electron chi connectivity index (χ3n) is 6.64. The predicted octanol–water partition coefficient (Wildman–Crippen LogP) is 4.14. The zero-order chi connectivity index (χ0) is 18.9. The molecule has 1 aliphatic carbocycles. The van der Waals surface area contributed by atoms with Crippen molar-refractivity contribution in [1.82, 2.24) is 5.32 Å². The van der Waals surface area contributed by atoms with Crippen LogP contribution in [0.3, 0.4) is 0 Å². The molecule has 1 saturated heterocycles. The van der Waals surface area contributed by atoms with Gasteiger partial charge in [0, 0.05) is 17.9 Å². The Hall–Kier alpha value is -3.27. The number of ether oxygens (including phenoxy) is 1. The number of hydrogen-bond acceptors (Lipinski definition) is 4. The number of rotatable bonds is 1. The van der Waals surface area contributed by atoms with Crippen molar-refractivity contribution in [3.05, 3.63) is 83.1 Å². The van der Waals surface area contributed by atoms with Crippen molar-refractivity contribution < 1.29 is 9.53 Å². The molecular formula is C24H20N2O2. The molecule has 0 aromatic heterocycles. The van der Waals surface area contributed by atoms with Gasteiger partial charge in [-0.3, -0.25) is 0 Å². The minimum Gasteiger partial charge on any atom is -0.465 e. The summed E-state index contributed by atoms with van der Waals surface area (Å²) in [6.07, 6.45) is 0.945. The standard InChI is InChI=1S/C24H20N2O2/c1-28-23(27)20-16-11-10-14-6-2-3-7-15(14)19(16)22-24(12-13-25-21(20)24)17-8-4-5-9-18(17)26-22/h2-11,22,25-26H,12-13H2,1H3/t22-,24+/m0/s1. The first-order valence-corrected chi connectivity index (χ1v) is 9.71.